The van der Waals surface area contributed by atoms with Crippen LogP contribution in [0.25, 0.3) is 0 Å². The third-order valence-electron chi connectivity index (χ3n) is 1.97. The Morgan fingerprint density at radius 1 is 1.15 bits per heavy atom. The first-order chi connectivity index (χ1) is 9.28. The lowest BCUT2D eigenvalue weighted by molar-refractivity contribution is 0.600. The van der Waals surface area contributed by atoms with Crippen molar-refractivity contribution in [1.29, 1.82) is 0 Å². The SMILES string of the molecule is O=S(=O)(Nc1cc(Cl)nc(Cl)n1)c1cc(Br)cnc1Cl. The van der Waals surface area contributed by atoms with Crippen molar-refractivity contribution in [2.24, 2.45) is 0 Å². The lowest BCUT2D eigenvalue weighted by Gasteiger charge is -2.08. The number of anilines is 1. The lowest BCUT2D eigenvalue weighted by Crippen LogP contribution is -2.15. The fraction of sp³-hybridized carbons (Fsp3) is 0. The number of hydrogen-bond donors (Lipinski definition) is 1. The Hall–Kier alpha value is -0.670. The van der Waals surface area contributed by atoms with Crippen LogP contribution in [0.5, 0.6) is 0 Å². The molecule has 0 spiro atoms. The topological polar surface area (TPSA) is 84.8 Å². The summed E-state index contributed by atoms with van der Waals surface area (Å²) >= 11 is 20.1. The monoisotopic (exact) mass is 416 g/mol. The summed E-state index contributed by atoms with van der Waals surface area (Å²) in [7, 11) is -3.98. The molecule has 6 nitrogen and oxygen atoms in total. The Kier molecular flexibility index (Phi) is 4.70. The molecule has 0 atom stereocenters. The minimum atomic E-state index is -3.98. The fourth-order valence-electron chi connectivity index (χ4n) is 1.23. The molecule has 1 N–H and O–H groups in total. The standard InChI is InChI=1S/C9H4BrCl3N4O2S/c10-4-1-5(8(12)14-3-4)20(18,19)17-7-2-6(11)15-9(13)16-7/h1-3H,(H,15,16,17). The zero-order valence-electron chi connectivity index (χ0n) is 9.31. The van der Waals surface area contributed by atoms with E-state index in [1.54, 1.807) is 0 Å². The maximum absolute atomic E-state index is 12.2. The van der Waals surface area contributed by atoms with Gasteiger partial charge in [-0.25, -0.2) is 18.4 Å². The lowest BCUT2D eigenvalue weighted by atomic mass is 10.5. The Labute approximate surface area is 137 Å². The van der Waals surface area contributed by atoms with Gasteiger partial charge in [0.25, 0.3) is 10.0 Å². The minimum Gasteiger partial charge on any atom is -0.263 e. The highest BCUT2D eigenvalue weighted by atomic mass is 79.9. The molecule has 2 rings (SSSR count). The van der Waals surface area contributed by atoms with E-state index in [0.29, 0.717) is 4.47 Å². The zero-order chi connectivity index (χ0) is 14.9. The van der Waals surface area contributed by atoms with Crippen LogP contribution in [-0.2, 0) is 10.0 Å². The highest BCUT2D eigenvalue weighted by Crippen LogP contribution is 2.25. The van der Waals surface area contributed by atoms with Crippen molar-refractivity contribution in [2.45, 2.75) is 4.90 Å². The Bertz CT molecular complexity index is 752. The number of nitrogens with zero attached hydrogens (tertiary/aromatic N) is 3. The van der Waals surface area contributed by atoms with Gasteiger partial charge in [-0.2, -0.15) is 4.98 Å². The van der Waals surface area contributed by atoms with Gasteiger partial charge in [0.2, 0.25) is 5.28 Å². The quantitative estimate of drug-likeness (QED) is 0.469. The van der Waals surface area contributed by atoms with Gasteiger partial charge < -0.3 is 0 Å². The second kappa shape index (κ2) is 5.98. The summed E-state index contributed by atoms with van der Waals surface area (Å²) in [5.41, 5.74) is 0. The Morgan fingerprint density at radius 2 is 1.85 bits per heavy atom. The first kappa shape index (κ1) is 15.7. The molecule has 20 heavy (non-hydrogen) atoms. The van der Waals surface area contributed by atoms with Crippen LogP contribution in [0.1, 0.15) is 0 Å². The van der Waals surface area contributed by atoms with E-state index in [0.717, 1.165) is 0 Å². The number of halogens is 4. The van der Waals surface area contributed by atoms with Crippen molar-refractivity contribution in [2.75, 3.05) is 4.72 Å². The van der Waals surface area contributed by atoms with E-state index in [9.17, 15) is 8.42 Å². The van der Waals surface area contributed by atoms with Crippen LogP contribution in [0.2, 0.25) is 15.6 Å². The first-order valence-electron chi connectivity index (χ1n) is 4.82. The molecule has 0 saturated carbocycles. The molecule has 11 heteroatoms. The molecule has 0 aliphatic carbocycles. The summed E-state index contributed by atoms with van der Waals surface area (Å²) in [5.74, 6) is -0.0777. The van der Waals surface area contributed by atoms with Gasteiger partial charge >= 0.3 is 0 Å². The van der Waals surface area contributed by atoms with Crippen molar-refractivity contribution in [3.63, 3.8) is 0 Å². The van der Waals surface area contributed by atoms with Crippen molar-refractivity contribution in [1.82, 2.24) is 15.0 Å². The molecule has 0 bridgehead atoms. The average molecular weight is 418 g/mol. The second-order valence-electron chi connectivity index (χ2n) is 3.39. The Morgan fingerprint density at radius 3 is 2.50 bits per heavy atom. The minimum absolute atomic E-state index is 0.00108. The Balaban J connectivity index is 2.43. The van der Waals surface area contributed by atoms with Crippen LogP contribution in [0.3, 0.4) is 0 Å². The normalized spacial score (nSPS) is 11.4. The van der Waals surface area contributed by atoms with E-state index < -0.39 is 10.0 Å². The first-order valence-corrected chi connectivity index (χ1v) is 8.23. The number of aromatic nitrogens is 3. The largest absolute Gasteiger partial charge is 0.266 e. The van der Waals surface area contributed by atoms with Gasteiger partial charge in [0, 0.05) is 16.7 Å². The van der Waals surface area contributed by atoms with E-state index in [1.165, 1.54) is 18.3 Å². The van der Waals surface area contributed by atoms with Crippen molar-refractivity contribution >= 4 is 66.6 Å². The number of hydrogen-bond acceptors (Lipinski definition) is 5. The van der Waals surface area contributed by atoms with Crippen LogP contribution >= 0.6 is 50.7 Å². The van der Waals surface area contributed by atoms with Crippen molar-refractivity contribution < 1.29 is 8.42 Å². The fourth-order valence-corrected chi connectivity index (χ4v) is 3.57. The average Bonchev–Trinajstić information content (AvgIpc) is 2.30. The summed E-state index contributed by atoms with van der Waals surface area (Å²) in [6, 6.07) is 2.52. The molecular weight excluding hydrogens is 414 g/mol. The molecule has 2 heterocycles. The van der Waals surface area contributed by atoms with E-state index in [2.05, 4.69) is 35.6 Å². The van der Waals surface area contributed by atoms with Crippen LogP contribution in [0, 0.1) is 0 Å². The second-order valence-corrected chi connectivity index (χ2v) is 7.04. The van der Waals surface area contributed by atoms with Gasteiger partial charge in [0.1, 0.15) is 21.0 Å². The molecule has 106 valence electrons. The number of sulfonamides is 1. The molecule has 0 saturated heterocycles. The molecule has 0 aromatic carbocycles. The number of rotatable bonds is 3. The summed E-state index contributed by atoms with van der Waals surface area (Å²) in [4.78, 5) is 10.8. The van der Waals surface area contributed by atoms with Gasteiger partial charge in [-0.15, -0.1) is 0 Å². The van der Waals surface area contributed by atoms with Crippen LogP contribution in [0.4, 0.5) is 5.82 Å². The third-order valence-corrected chi connectivity index (χ3v) is 4.55. The highest BCUT2D eigenvalue weighted by molar-refractivity contribution is 9.10. The predicted octanol–water partition coefficient (Wildman–Crippen LogP) is 3.40. The molecule has 0 fully saturated rings. The van der Waals surface area contributed by atoms with Crippen LogP contribution in [0.15, 0.2) is 27.7 Å². The molecule has 2 aromatic heterocycles. The van der Waals surface area contributed by atoms with E-state index in [1.807, 2.05) is 0 Å². The van der Waals surface area contributed by atoms with Crippen LogP contribution in [-0.4, -0.2) is 23.4 Å². The predicted molar refractivity (Wildman–Crippen MR) is 79.8 cm³/mol. The smallest absolute Gasteiger partial charge is 0.263 e. The number of pyridine rings is 1. The highest BCUT2D eigenvalue weighted by Gasteiger charge is 2.20. The molecule has 0 amide bonds. The van der Waals surface area contributed by atoms with Gasteiger partial charge in [0.05, 0.1) is 0 Å². The van der Waals surface area contributed by atoms with E-state index >= 15 is 0 Å². The van der Waals surface area contributed by atoms with Crippen LogP contribution < -0.4 is 4.72 Å². The maximum atomic E-state index is 12.2. The number of nitrogens with one attached hydrogen (secondary N) is 1. The summed E-state index contributed by atoms with van der Waals surface area (Å²) in [6.45, 7) is 0. The summed E-state index contributed by atoms with van der Waals surface area (Å²) in [5, 5.41) is -0.359. The van der Waals surface area contributed by atoms with E-state index in [-0.39, 0.29) is 26.3 Å². The summed E-state index contributed by atoms with van der Waals surface area (Å²) < 4.78 is 27.0. The van der Waals surface area contributed by atoms with Crippen molar-refractivity contribution in [3.05, 3.63) is 38.4 Å². The third kappa shape index (κ3) is 3.70. The zero-order valence-corrected chi connectivity index (χ0v) is 14.0. The molecule has 2 aromatic rings. The molecule has 0 aliphatic rings. The summed E-state index contributed by atoms with van der Waals surface area (Å²) in [6.07, 6.45) is 1.37. The molecule has 0 aliphatic heterocycles. The van der Waals surface area contributed by atoms with Gasteiger partial charge in [0.15, 0.2) is 0 Å². The van der Waals surface area contributed by atoms with Gasteiger partial charge in [-0.05, 0) is 33.6 Å². The molecular formula is C9H4BrCl3N4O2S. The van der Waals surface area contributed by atoms with Crippen molar-refractivity contribution in [3.8, 4) is 0 Å². The molecule has 0 unspecified atom stereocenters. The maximum Gasteiger partial charge on any atom is 0.266 e. The van der Waals surface area contributed by atoms with E-state index in [4.69, 9.17) is 34.8 Å². The van der Waals surface area contributed by atoms with Gasteiger partial charge in [-0.1, -0.05) is 23.2 Å². The molecule has 0 radical (unpaired) electrons. The van der Waals surface area contributed by atoms with Gasteiger partial charge in [-0.3, -0.25) is 4.72 Å².